The molecular formula is C9H12O4. The summed E-state index contributed by atoms with van der Waals surface area (Å²) in [7, 11) is 1.46. The van der Waals surface area contributed by atoms with Gasteiger partial charge >= 0.3 is 5.97 Å². The van der Waals surface area contributed by atoms with Crippen LogP contribution in [-0.2, 0) is 19.1 Å². The van der Waals surface area contributed by atoms with Crippen molar-refractivity contribution in [2.45, 2.75) is 25.9 Å². The average Bonchev–Trinajstić information content (AvgIpc) is 2.46. The molecule has 0 aromatic carbocycles. The molecule has 1 aliphatic rings. The van der Waals surface area contributed by atoms with Crippen LogP contribution in [0.1, 0.15) is 19.8 Å². The normalized spacial score (nSPS) is 20.9. The van der Waals surface area contributed by atoms with Gasteiger partial charge in [0, 0.05) is 6.42 Å². The summed E-state index contributed by atoms with van der Waals surface area (Å²) in [4.78, 5) is 21.9. The standard InChI is InChI=1S/C9H12O4/c1-3-6(10)4-8-7(12-2)5-9(11)13-8/h5,8H,3-4H2,1-2H3/t8-/m1/s1. The minimum atomic E-state index is -0.509. The van der Waals surface area contributed by atoms with Crippen molar-refractivity contribution in [3.63, 3.8) is 0 Å². The van der Waals surface area contributed by atoms with Gasteiger partial charge in [-0.25, -0.2) is 4.79 Å². The van der Waals surface area contributed by atoms with Crippen LogP contribution in [0.4, 0.5) is 0 Å². The zero-order chi connectivity index (χ0) is 9.84. The van der Waals surface area contributed by atoms with Crippen LogP contribution in [0, 0.1) is 0 Å². The van der Waals surface area contributed by atoms with Gasteiger partial charge in [0.25, 0.3) is 0 Å². The highest BCUT2D eigenvalue weighted by Gasteiger charge is 2.28. The van der Waals surface area contributed by atoms with E-state index in [1.54, 1.807) is 6.92 Å². The third-order valence-corrected chi connectivity index (χ3v) is 1.88. The van der Waals surface area contributed by atoms with Crippen LogP contribution >= 0.6 is 0 Å². The number of rotatable bonds is 4. The second-order valence-corrected chi connectivity index (χ2v) is 2.77. The fourth-order valence-electron chi connectivity index (χ4n) is 1.13. The van der Waals surface area contributed by atoms with Gasteiger partial charge in [-0.3, -0.25) is 4.79 Å². The summed E-state index contributed by atoms with van der Waals surface area (Å²) in [6, 6.07) is 0. The number of cyclic esters (lactones) is 1. The van der Waals surface area contributed by atoms with Crippen molar-refractivity contribution in [1.29, 1.82) is 0 Å². The van der Waals surface area contributed by atoms with Crippen molar-refractivity contribution >= 4 is 11.8 Å². The van der Waals surface area contributed by atoms with Crippen molar-refractivity contribution in [2.24, 2.45) is 0 Å². The van der Waals surface area contributed by atoms with Crippen LogP contribution in [-0.4, -0.2) is 25.0 Å². The van der Waals surface area contributed by atoms with Crippen LogP contribution in [0.25, 0.3) is 0 Å². The lowest BCUT2D eigenvalue weighted by Crippen LogP contribution is -2.17. The minimum absolute atomic E-state index is 0.0580. The molecule has 4 heteroatoms. The quantitative estimate of drug-likeness (QED) is 0.607. The molecule has 0 amide bonds. The van der Waals surface area contributed by atoms with Crippen molar-refractivity contribution < 1.29 is 19.1 Å². The van der Waals surface area contributed by atoms with Crippen LogP contribution in [0.15, 0.2) is 11.8 Å². The molecule has 0 aromatic rings. The molecule has 0 radical (unpaired) electrons. The summed E-state index contributed by atoms with van der Waals surface area (Å²) in [5, 5.41) is 0. The van der Waals surface area contributed by atoms with Gasteiger partial charge in [0.2, 0.25) is 0 Å². The topological polar surface area (TPSA) is 52.6 Å². The predicted octanol–water partition coefficient (Wildman–Crippen LogP) is 0.811. The second-order valence-electron chi connectivity index (χ2n) is 2.77. The van der Waals surface area contributed by atoms with Crippen molar-refractivity contribution in [2.75, 3.05) is 7.11 Å². The van der Waals surface area contributed by atoms with E-state index >= 15 is 0 Å². The summed E-state index contributed by atoms with van der Waals surface area (Å²) >= 11 is 0. The number of carbonyl (C=O) groups is 2. The highest BCUT2D eigenvalue weighted by molar-refractivity contribution is 5.87. The predicted molar refractivity (Wildman–Crippen MR) is 44.9 cm³/mol. The SMILES string of the molecule is CCC(=O)C[C@H]1OC(=O)C=C1OC. The van der Waals surface area contributed by atoms with Crippen LogP contribution < -0.4 is 0 Å². The van der Waals surface area contributed by atoms with E-state index in [9.17, 15) is 9.59 Å². The summed E-state index contributed by atoms with van der Waals surface area (Å²) in [6.45, 7) is 1.77. The average molecular weight is 184 g/mol. The Labute approximate surface area is 76.5 Å². The molecule has 72 valence electrons. The van der Waals surface area contributed by atoms with Crippen LogP contribution in [0.3, 0.4) is 0 Å². The first-order valence-electron chi connectivity index (χ1n) is 4.15. The molecule has 0 spiro atoms. The third kappa shape index (κ3) is 2.31. The molecular weight excluding hydrogens is 172 g/mol. The molecule has 0 fully saturated rings. The van der Waals surface area contributed by atoms with E-state index in [1.807, 2.05) is 0 Å². The Morgan fingerprint density at radius 2 is 2.38 bits per heavy atom. The van der Waals surface area contributed by atoms with Gasteiger partial charge in [0.15, 0.2) is 6.10 Å². The Kier molecular flexibility index (Phi) is 3.06. The molecule has 0 saturated heterocycles. The first-order valence-corrected chi connectivity index (χ1v) is 4.15. The summed E-state index contributed by atoms with van der Waals surface area (Å²) in [5.41, 5.74) is 0. The zero-order valence-corrected chi connectivity index (χ0v) is 7.70. The van der Waals surface area contributed by atoms with Gasteiger partial charge in [-0.2, -0.15) is 0 Å². The maximum atomic E-state index is 11.1. The first kappa shape index (κ1) is 9.77. The smallest absolute Gasteiger partial charge is 0.335 e. The largest absolute Gasteiger partial charge is 0.497 e. The lowest BCUT2D eigenvalue weighted by atomic mass is 10.1. The molecule has 0 bridgehead atoms. The Hall–Kier alpha value is -1.32. The fraction of sp³-hybridized carbons (Fsp3) is 0.556. The monoisotopic (exact) mass is 184 g/mol. The molecule has 1 rings (SSSR count). The van der Waals surface area contributed by atoms with Gasteiger partial charge < -0.3 is 9.47 Å². The number of hydrogen-bond acceptors (Lipinski definition) is 4. The van der Waals surface area contributed by atoms with Crippen molar-refractivity contribution in [3.8, 4) is 0 Å². The lowest BCUT2D eigenvalue weighted by Gasteiger charge is -2.11. The number of Topliss-reactive ketones (excluding diaryl/α,β-unsaturated/α-hetero) is 1. The Bertz CT molecular complexity index is 254. The first-order chi connectivity index (χ1) is 6.17. The maximum Gasteiger partial charge on any atom is 0.335 e. The molecule has 0 aromatic heterocycles. The second kappa shape index (κ2) is 4.07. The summed E-state index contributed by atoms with van der Waals surface area (Å²) < 4.78 is 9.76. The van der Waals surface area contributed by atoms with Crippen molar-refractivity contribution in [1.82, 2.24) is 0 Å². The van der Waals surface area contributed by atoms with Crippen LogP contribution in [0.2, 0.25) is 0 Å². The number of methoxy groups -OCH3 is 1. The summed E-state index contributed by atoms with van der Waals surface area (Å²) in [5.74, 6) is 0.0557. The van der Waals surface area contributed by atoms with E-state index in [0.717, 1.165) is 0 Å². The number of hydrogen-bond donors (Lipinski definition) is 0. The van der Waals surface area contributed by atoms with E-state index < -0.39 is 12.1 Å². The Morgan fingerprint density at radius 1 is 1.69 bits per heavy atom. The van der Waals surface area contributed by atoms with Gasteiger partial charge in [-0.1, -0.05) is 6.92 Å². The van der Waals surface area contributed by atoms with Gasteiger partial charge in [0.05, 0.1) is 19.6 Å². The number of carbonyl (C=O) groups excluding carboxylic acids is 2. The number of ketones is 1. The molecule has 0 saturated carbocycles. The third-order valence-electron chi connectivity index (χ3n) is 1.88. The van der Waals surface area contributed by atoms with Gasteiger partial charge in [-0.15, -0.1) is 0 Å². The van der Waals surface area contributed by atoms with Crippen LogP contribution in [0.5, 0.6) is 0 Å². The molecule has 0 unspecified atom stereocenters. The van der Waals surface area contributed by atoms with Gasteiger partial charge in [-0.05, 0) is 0 Å². The van der Waals surface area contributed by atoms with E-state index in [1.165, 1.54) is 13.2 Å². The summed E-state index contributed by atoms with van der Waals surface area (Å²) in [6.07, 6.45) is 1.42. The van der Waals surface area contributed by atoms with E-state index in [4.69, 9.17) is 9.47 Å². The van der Waals surface area contributed by atoms with Gasteiger partial charge in [0.1, 0.15) is 11.5 Å². The highest BCUT2D eigenvalue weighted by atomic mass is 16.6. The van der Waals surface area contributed by atoms with E-state index in [0.29, 0.717) is 12.2 Å². The zero-order valence-electron chi connectivity index (χ0n) is 7.70. The van der Waals surface area contributed by atoms with E-state index in [-0.39, 0.29) is 12.2 Å². The highest BCUT2D eigenvalue weighted by Crippen LogP contribution is 2.19. The molecule has 4 nitrogen and oxygen atoms in total. The minimum Gasteiger partial charge on any atom is -0.497 e. The molecule has 0 aliphatic carbocycles. The Balaban J connectivity index is 2.57. The maximum absolute atomic E-state index is 11.1. The fourth-order valence-corrected chi connectivity index (χ4v) is 1.13. The number of ether oxygens (including phenoxy) is 2. The Morgan fingerprint density at radius 3 is 2.92 bits per heavy atom. The molecule has 0 N–H and O–H groups in total. The van der Waals surface area contributed by atoms with Crippen molar-refractivity contribution in [3.05, 3.63) is 11.8 Å². The molecule has 1 aliphatic heterocycles. The molecule has 1 atom stereocenters. The molecule has 13 heavy (non-hydrogen) atoms. The molecule has 1 heterocycles. The lowest BCUT2D eigenvalue weighted by molar-refractivity contribution is -0.140. The number of esters is 1. The van der Waals surface area contributed by atoms with E-state index in [2.05, 4.69) is 0 Å².